The lowest BCUT2D eigenvalue weighted by Gasteiger charge is -2.38. The summed E-state index contributed by atoms with van der Waals surface area (Å²) in [5.41, 5.74) is 1.42. The van der Waals surface area contributed by atoms with Gasteiger partial charge in [0.05, 0.1) is 18.3 Å². The number of carboxylic acids is 1. The highest BCUT2D eigenvalue weighted by molar-refractivity contribution is 7.18. The number of anilines is 1. The second-order valence-corrected chi connectivity index (χ2v) is 8.33. The fraction of sp³-hybridized carbons (Fsp3) is 0.429. The molecule has 0 spiro atoms. The molecule has 2 aromatic rings. The number of ether oxygens (including phenoxy) is 1. The van der Waals surface area contributed by atoms with Gasteiger partial charge in [0.2, 0.25) is 5.91 Å². The molecule has 1 unspecified atom stereocenters. The Balaban J connectivity index is 2.03. The van der Waals surface area contributed by atoms with E-state index in [1.807, 2.05) is 43.3 Å². The highest BCUT2D eigenvalue weighted by Crippen LogP contribution is 2.41. The quantitative estimate of drug-likeness (QED) is 0.758. The number of hydrogen-bond acceptors (Lipinski definition) is 4. The molecule has 1 aliphatic rings. The smallest absolute Gasteiger partial charge is 0.348 e. The van der Waals surface area contributed by atoms with E-state index in [9.17, 15) is 14.7 Å². The molecule has 0 aliphatic heterocycles. The topological polar surface area (TPSA) is 66.8 Å². The number of carbonyl (C=O) groups is 2. The molecule has 1 N–H and O–H groups in total. The molecule has 1 aromatic heterocycles. The van der Waals surface area contributed by atoms with E-state index >= 15 is 0 Å². The number of carbonyl (C=O) groups excluding carboxylic acids is 1. The summed E-state index contributed by atoms with van der Waals surface area (Å²) < 4.78 is 5.26. The van der Waals surface area contributed by atoms with E-state index in [1.165, 1.54) is 11.3 Å². The number of rotatable bonds is 7. The first-order valence-corrected chi connectivity index (χ1v) is 9.98. The van der Waals surface area contributed by atoms with Crippen molar-refractivity contribution in [3.05, 3.63) is 41.3 Å². The molecular formula is C21H25NO4S. The SMILES string of the molecule is COCC(C)N(C(=O)C1CC(C)C1)c1cc(-c2ccccc2)sc1C(=O)O. The normalized spacial score (nSPS) is 20.0. The van der Waals surface area contributed by atoms with Crippen molar-refractivity contribution < 1.29 is 19.4 Å². The third kappa shape index (κ3) is 4.06. The molecule has 6 heteroatoms. The maximum atomic E-state index is 13.2. The van der Waals surface area contributed by atoms with Crippen molar-refractivity contribution in [2.75, 3.05) is 18.6 Å². The van der Waals surface area contributed by atoms with Crippen LogP contribution in [0.1, 0.15) is 36.4 Å². The highest BCUT2D eigenvalue weighted by Gasteiger charge is 2.38. The number of amides is 1. The van der Waals surface area contributed by atoms with Crippen LogP contribution in [0.25, 0.3) is 10.4 Å². The Hall–Kier alpha value is -2.18. The van der Waals surface area contributed by atoms with Gasteiger partial charge in [-0.05, 0) is 37.3 Å². The minimum Gasteiger partial charge on any atom is -0.477 e. The van der Waals surface area contributed by atoms with Crippen molar-refractivity contribution in [1.82, 2.24) is 0 Å². The number of nitrogens with zero attached hydrogens (tertiary/aromatic N) is 1. The van der Waals surface area contributed by atoms with E-state index in [2.05, 4.69) is 6.92 Å². The molecule has 1 saturated carbocycles. The van der Waals surface area contributed by atoms with Gasteiger partial charge in [0.25, 0.3) is 0 Å². The zero-order valence-electron chi connectivity index (χ0n) is 15.8. The van der Waals surface area contributed by atoms with Crippen LogP contribution in [0.3, 0.4) is 0 Å². The molecule has 1 fully saturated rings. The van der Waals surface area contributed by atoms with E-state index in [-0.39, 0.29) is 22.7 Å². The van der Waals surface area contributed by atoms with Gasteiger partial charge in [-0.2, -0.15) is 0 Å². The van der Waals surface area contributed by atoms with E-state index < -0.39 is 5.97 Å². The van der Waals surface area contributed by atoms with Crippen LogP contribution in [0.5, 0.6) is 0 Å². The number of carboxylic acid groups (broad SMARTS) is 1. The molecule has 0 saturated heterocycles. The largest absolute Gasteiger partial charge is 0.477 e. The van der Waals surface area contributed by atoms with Gasteiger partial charge in [0.15, 0.2) is 0 Å². The predicted molar refractivity (Wildman–Crippen MR) is 107 cm³/mol. The minimum atomic E-state index is -1.01. The Morgan fingerprint density at radius 2 is 1.96 bits per heavy atom. The van der Waals surface area contributed by atoms with Crippen molar-refractivity contribution in [3.8, 4) is 10.4 Å². The summed E-state index contributed by atoms with van der Waals surface area (Å²) in [6, 6.07) is 11.2. The Kier molecular flexibility index (Phi) is 5.97. The summed E-state index contributed by atoms with van der Waals surface area (Å²) in [6.07, 6.45) is 1.71. The van der Waals surface area contributed by atoms with E-state index in [0.29, 0.717) is 18.2 Å². The number of aromatic carboxylic acids is 1. The number of benzene rings is 1. The molecule has 1 heterocycles. The average Bonchev–Trinajstić information content (AvgIpc) is 3.05. The monoisotopic (exact) mass is 387 g/mol. The zero-order chi connectivity index (χ0) is 19.6. The van der Waals surface area contributed by atoms with Crippen molar-refractivity contribution in [1.29, 1.82) is 0 Å². The van der Waals surface area contributed by atoms with Crippen LogP contribution in [0.2, 0.25) is 0 Å². The fourth-order valence-corrected chi connectivity index (χ4v) is 4.64. The third-order valence-corrected chi connectivity index (χ3v) is 6.19. The van der Waals surface area contributed by atoms with E-state index in [0.717, 1.165) is 23.3 Å². The number of methoxy groups -OCH3 is 1. The van der Waals surface area contributed by atoms with Gasteiger partial charge in [0, 0.05) is 17.9 Å². The van der Waals surface area contributed by atoms with Crippen LogP contribution >= 0.6 is 11.3 Å². The van der Waals surface area contributed by atoms with Gasteiger partial charge in [0.1, 0.15) is 4.88 Å². The number of hydrogen-bond donors (Lipinski definition) is 1. The maximum absolute atomic E-state index is 13.2. The van der Waals surface area contributed by atoms with Crippen LogP contribution in [0.15, 0.2) is 36.4 Å². The molecule has 1 aromatic carbocycles. The third-order valence-electron chi connectivity index (χ3n) is 5.03. The molecule has 5 nitrogen and oxygen atoms in total. The van der Waals surface area contributed by atoms with E-state index in [1.54, 1.807) is 12.0 Å². The van der Waals surface area contributed by atoms with Crippen molar-refractivity contribution in [3.63, 3.8) is 0 Å². The molecule has 0 radical (unpaired) electrons. The van der Waals surface area contributed by atoms with Gasteiger partial charge in [-0.15, -0.1) is 11.3 Å². The first kappa shape index (κ1) is 19.6. The lowest BCUT2D eigenvalue weighted by atomic mass is 9.75. The molecule has 27 heavy (non-hydrogen) atoms. The van der Waals surface area contributed by atoms with Crippen molar-refractivity contribution in [2.24, 2.45) is 11.8 Å². The first-order valence-electron chi connectivity index (χ1n) is 9.17. The average molecular weight is 388 g/mol. The summed E-state index contributed by atoms with van der Waals surface area (Å²) in [5, 5.41) is 9.76. The van der Waals surface area contributed by atoms with Crippen LogP contribution in [0.4, 0.5) is 5.69 Å². The maximum Gasteiger partial charge on any atom is 0.348 e. The second-order valence-electron chi connectivity index (χ2n) is 7.28. The second kappa shape index (κ2) is 8.23. The summed E-state index contributed by atoms with van der Waals surface area (Å²) in [4.78, 5) is 27.8. The Bertz CT molecular complexity index is 811. The zero-order valence-corrected chi connectivity index (χ0v) is 16.7. The summed E-state index contributed by atoms with van der Waals surface area (Å²) in [6.45, 7) is 4.38. The highest BCUT2D eigenvalue weighted by atomic mass is 32.1. The molecule has 1 amide bonds. The van der Waals surface area contributed by atoms with Gasteiger partial charge >= 0.3 is 5.97 Å². The Labute approximate surface area is 163 Å². The van der Waals surface area contributed by atoms with Gasteiger partial charge in [-0.25, -0.2) is 4.79 Å². The molecule has 1 aliphatic carbocycles. The van der Waals surface area contributed by atoms with Crippen LogP contribution < -0.4 is 4.90 Å². The van der Waals surface area contributed by atoms with Gasteiger partial charge in [-0.1, -0.05) is 37.3 Å². The van der Waals surface area contributed by atoms with E-state index in [4.69, 9.17) is 4.74 Å². The van der Waals surface area contributed by atoms with Gasteiger partial charge < -0.3 is 14.7 Å². The number of thiophene rings is 1. The summed E-state index contributed by atoms with van der Waals surface area (Å²) >= 11 is 1.21. The van der Waals surface area contributed by atoms with Crippen molar-refractivity contribution in [2.45, 2.75) is 32.7 Å². The lowest BCUT2D eigenvalue weighted by molar-refractivity contribution is -0.126. The lowest BCUT2D eigenvalue weighted by Crippen LogP contribution is -2.47. The Morgan fingerprint density at radius 3 is 2.52 bits per heavy atom. The van der Waals surface area contributed by atoms with Crippen molar-refractivity contribution >= 4 is 28.9 Å². The van der Waals surface area contributed by atoms with Crippen LogP contribution in [0, 0.1) is 11.8 Å². The van der Waals surface area contributed by atoms with Crippen LogP contribution in [-0.2, 0) is 9.53 Å². The fourth-order valence-electron chi connectivity index (χ4n) is 3.65. The predicted octanol–water partition coefficient (Wildman–Crippen LogP) is 4.53. The molecular weight excluding hydrogens is 362 g/mol. The van der Waals surface area contributed by atoms with Crippen LogP contribution in [-0.4, -0.2) is 36.7 Å². The molecule has 1 atom stereocenters. The first-order chi connectivity index (χ1) is 12.9. The van der Waals surface area contributed by atoms with Gasteiger partial charge in [-0.3, -0.25) is 4.79 Å². The summed E-state index contributed by atoms with van der Waals surface area (Å²) in [5.74, 6) is -0.514. The summed E-state index contributed by atoms with van der Waals surface area (Å²) in [7, 11) is 1.59. The Morgan fingerprint density at radius 1 is 1.30 bits per heavy atom. The standard InChI is InChI=1S/C21H25NO4S/c1-13-9-16(10-13)20(23)22(14(2)12-26-3)17-11-18(27-19(17)21(24)25)15-7-5-4-6-8-15/h4-8,11,13-14,16H,9-10,12H2,1-3H3,(H,24,25). The molecule has 144 valence electrons. The molecule has 0 bridgehead atoms. The molecule has 3 rings (SSSR count). The minimum absolute atomic E-state index is 0.00226.